The van der Waals surface area contributed by atoms with Gasteiger partial charge in [-0.05, 0) is 55.9 Å². The number of hydrogen-bond acceptors (Lipinski definition) is 4. The molecule has 0 aliphatic heterocycles. The van der Waals surface area contributed by atoms with Crippen LogP contribution in [-0.4, -0.2) is 36.5 Å². The maximum absolute atomic E-state index is 12.8. The number of anilines is 1. The second-order valence-corrected chi connectivity index (χ2v) is 7.54. The summed E-state index contributed by atoms with van der Waals surface area (Å²) in [5.41, 5.74) is 3.18. The zero-order valence-electron chi connectivity index (χ0n) is 16.8. The summed E-state index contributed by atoms with van der Waals surface area (Å²) in [4.78, 5) is 26.8. The van der Waals surface area contributed by atoms with Gasteiger partial charge in [-0.3, -0.25) is 9.69 Å². The maximum Gasteiger partial charge on any atom is 0.337 e. The van der Waals surface area contributed by atoms with Crippen LogP contribution in [0.2, 0.25) is 0 Å². The number of aryl methyl sites for hydroxylation is 1. The second kappa shape index (κ2) is 9.02. The Hall–Kier alpha value is -2.66. The van der Waals surface area contributed by atoms with Crippen LogP contribution in [0.4, 0.5) is 5.69 Å². The molecule has 5 heteroatoms. The van der Waals surface area contributed by atoms with E-state index >= 15 is 0 Å². The Morgan fingerprint density at radius 2 is 1.89 bits per heavy atom. The van der Waals surface area contributed by atoms with Gasteiger partial charge in [-0.25, -0.2) is 4.79 Å². The Labute approximate surface area is 166 Å². The van der Waals surface area contributed by atoms with Gasteiger partial charge < -0.3 is 10.1 Å². The number of nitrogens with zero attached hydrogens (tertiary/aromatic N) is 1. The highest BCUT2D eigenvalue weighted by atomic mass is 16.5. The zero-order chi connectivity index (χ0) is 20.1. The molecule has 148 valence electrons. The lowest BCUT2D eigenvalue weighted by Crippen LogP contribution is -2.40. The lowest BCUT2D eigenvalue weighted by Gasteiger charge is -2.29. The number of methoxy groups -OCH3 is 1. The number of nitrogens with one attached hydrogen (secondary N) is 1. The van der Waals surface area contributed by atoms with Crippen molar-refractivity contribution in [3.63, 3.8) is 0 Å². The highest BCUT2D eigenvalue weighted by Gasteiger charge is 2.32. The van der Waals surface area contributed by atoms with Gasteiger partial charge in [-0.2, -0.15) is 0 Å². The summed E-state index contributed by atoms with van der Waals surface area (Å²) in [5, 5.41) is 2.97. The SMILES string of the molecule is COC(=O)c1ccc(C)c(NC(=O)CN(Cc2ccccc2)C(C)C2CC2)c1. The molecule has 1 atom stereocenters. The van der Waals surface area contributed by atoms with Gasteiger partial charge in [-0.1, -0.05) is 36.4 Å². The van der Waals surface area contributed by atoms with Crippen molar-refractivity contribution < 1.29 is 14.3 Å². The van der Waals surface area contributed by atoms with E-state index in [-0.39, 0.29) is 5.91 Å². The average molecular weight is 380 g/mol. The van der Waals surface area contributed by atoms with Crippen LogP contribution in [0.3, 0.4) is 0 Å². The van der Waals surface area contributed by atoms with Gasteiger partial charge in [0.15, 0.2) is 0 Å². The molecule has 0 radical (unpaired) electrons. The first-order chi connectivity index (χ1) is 13.5. The largest absolute Gasteiger partial charge is 0.465 e. The van der Waals surface area contributed by atoms with E-state index < -0.39 is 5.97 Å². The number of rotatable bonds is 8. The third-order valence-electron chi connectivity index (χ3n) is 5.39. The van der Waals surface area contributed by atoms with Gasteiger partial charge in [0.25, 0.3) is 0 Å². The molecule has 2 aromatic rings. The molecule has 1 aliphatic carbocycles. The minimum atomic E-state index is -0.413. The Balaban J connectivity index is 1.70. The van der Waals surface area contributed by atoms with Crippen LogP contribution in [0.1, 0.15) is 41.3 Å². The minimum absolute atomic E-state index is 0.0754. The molecule has 1 unspecified atom stereocenters. The van der Waals surface area contributed by atoms with E-state index in [2.05, 4.69) is 29.3 Å². The predicted molar refractivity (Wildman–Crippen MR) is 110 cm³/mol. The van der Waals surface area contributed by atoms with Crippen molar-refractivity contribution in [3.8, 4) is 0 Å². The van der Waals surface area contributed by atoms with E-state index in [1.54, 1.807) is 12.1 Å². The van der Waals surface area contributed by atoms with Crippen LogP contribution < -0.4 is 5.32 Å². The van der Waals surface area contributed by atoms with Gasteiger partial charge in [0.05, 0.1) is 19.2 Å². The minimum Gasteiger partial charge on any atom is -0.465 e. The lowest BCUT2D eigenvalue weighted by molar-refractivity contribution is -0.118. The summed E-state index contributed by atoms with van der Waals surface area (Å²) in [7, 11) is 1.35. The molecule has 1 saturated carbocycles. The number of hydrogen-bond donors (Lipinski definition) is 1. The number of amides is 1. The Morgan fingerprint density at radius 3 is 2.54 bits per heavy atom. The molecule has 0 heterocycles. The third kappa shape index (κ3) is 5.20. The summed E-state index contributed by atoms with van der Waals surface area (Å²) in [6.45, 7) is 5.17. The van der Waals surface area contributed by atoms with Gasteiger partial charge in [0, 0.05) is 18.3 Å². The fourth-order valence-corrected chi connectivity index (χ4v) is 3.41. The molecule has 0 aromatic heterocycles. The van der Waals surface area contributed by atoms with E-state index in [4.69, 9.17) is 4.74 Å². The molecule has 1 N–H and O–H groups in total. The lowest BCUT2D eigenvalue weighted by atomic mass is 10.1. The summed E-state index contributed by atoms with van der Waals surface area (Å²) in [6, 6.07) is 15.8. The molecule has 5 nitrogen and oxygen atoms in total. The van der Waals surface area contributed by atoms with Gasteiger partial charge in [0.2, 0.25) is 5.91 Å². The van der Waals surface area contributed by atoms with Crippen molar-refractivity contribution in [3.05, 3.63) is 65.2 Å². The third-order valence-corrected chi connectivity index (χ3v) is 5.39. The maximum atomic E-state index is 12.8. The number of carbonyl (C=O) groups excluding carboxylic acids is 2. The fraction of sp³-hybridized carbons (Fsp3) is 0.391. The van der Waals surface area contributed by atoms with Gasteiger partial charge in [-0.15, -0.1) is 0 Å². The van der Waals surface area contributed by atoms with E-state index in [9.17, 15) is 9.59 Å². The van der Waals surface area contributed by atoms with E-state index in [1.165, 1.54) is 25.5 Å². The summed E-state index contributed by atoms with van der Waals surface area (Å²) >= 11 is 0. The summed E-state index contributed by atoms with van der Waals surface area (Å²) in [5.74, 6) is 0.179. The van der Waals surface area contributed by atoms with Crippen LogP contribution in [-0.2, 0) is 16.1 Å². The van der Waals surface area contributed by atoms with Crippen molar-refractivity contribution in [2.24, 2.45) is 5.92 Å². The first-order valence-corrected chi connectivity index (χ1v) is 9.74. The fourth-order valence-electron chi connectivity index (χ4n) is 3.41. The van der Waals surface area contributed by atoms with Crippen LogP contribution >= 0.6 is 0 Å². The number of esters is 1. The van der Waals surface area contributed by atoms with Crippen molar-refractivity contribution >= 4 is 17.6 Å². The normalized spacial score (nSPS) is 14.6. The van der Waals surface area contributed by atoms with Gasteiger partial charge in [0.1, 0.15) is 0 Å². The molecule has 1 aliphatic rings. The molecule has 28 heavy (non-hydrogen) atoms. The van der Waals surface area contributed by atoms with E-state index in [0.29, 0.717) is 29.8 Å². The van der Waals surface area contributed by atoms with Gasteiger partial charge >= 0.3 is 5.97 Å². The first kappa shape index (κ1) is 20.1. The molecular weight excluding hydrogens is 352 g/mol. The monoisotopic (exact) mass is 380 g/mol. The Kier molecular flexibility index (Phi) is 6.47. The van der Waals surface area contributed by atoms with E-state index in [0.717, 1.165) is 12.1 Å². The molecule has 0 saturated heterocycles. The predicted octanol–water partition coefficient (Wildman–Crippen LogP) is 4.02. The van der Waals surface area contributed by atoms with Crippen LogP contribution in [0, 0.1) is 12.8 Å². The first-order valence-electron chi connectivity index (χ1n) is 9.74. The second-order valence-electron chi connectivity index (χ2n) is 7.54. The molecule has 3 rings (SSSR count). The van der Waals surface area contributed by atoms with Crippen molar-refractivity contribution in [1.29, 1.82) is 0 Å². The topological polar surface area (TPSA) is 58.6 Å². The van der Waals surface area contributed by atoms with Crippen molar-refractivity contribution in [2.45, 2.75) is 39.3 Å². The van der Waals surface area contributed by atoms with Crippen molar-refractivity contribution in [1.82, 2.24) is 4.90 Å². The number of ether oxygens (including phenoxy) is 1. The molecule has 1 fully saturated rings. The highest BCUT2D eigenvalue weighted by Crippen LogP contribution is 2.35. The number of benzene rings is 2. The molecule has 1 amide bonds. The molecule has 2 aromatic carbocycles. The molecular formula is C23H28N2O3. The quantitative estimate of drug-likeness (QED) is 0.703. The van der Waals surface area contributed by atoms with Crippen LogP contribution in [0.15, 0.2) is 48.5 Å². The summed E-state index contributed by atoms with van der Waals surface area (Å²) < 4.78 is 4.77. The summed E-state index contributed by atoms with van der Waals surface area (Å²) in [6.07, 6.45) is 2.46. The van der Waals surface area contributed by atoms with E-state index in [1.807, 2.05) is 31.2 Å². The standard InChI is InChI=1S/C23H28N2O3/c1-16-9-10-20(23(27)28-3)13-21(16)24-22(26)15-25(17(2)19-11-12-19)14-18-7-5-4-6-8-18/h4-10,13,17,19H,11-12,14-15H2,1-3H3,(H,24,26). The zero-order valence-corrected chi connectivity index (χ0v) is 16.8. The molecule has 0 spiro atoms. The Bertz CT molecular complexity index is 831. The smallest absolute Gasteiger partial charge is 0.337 e. The molecule has 0 bridgehead atoms. The van der Waals surface area contributed by atoms with Crippen LogP contribution in [0.5, 0.6) is 0 Å². The van der Waals surface area contributed by atoms with Crippen molar-refractivity contribution in [2.75, 3.05) is 19.0 Å². The average Bonchev–Trinajstić information content (AvgIpc) is 3.54. The van der Waals surface area contributed by atoms with Crippen LogP contribution in [0.25, 0.3) is 0 Å². The number of carbonyl (C=O) groups is 2. The Morgan fingerprint density at radius 1 is 1.18 bits per heavy atom. The highest BCUT2D eigenvalue weighted by molar-refractivity contribution is 5.96.